The Balaban J connectivity index is 0.944. The fraction of sp³-hybridized carbons (Fsp3) is 0.316. The zero-order chi connectivity index (χ0) is 39.1. The van der Waals surface area contributed by atoms with E-state index in [0.717, 1.165) is 52.1 Å². The number of furan rings is 1. The lowest BCUT2D eigenvalue weighted by atomic mass is 9.67. The number of rotatable bonds is 6. The zero-order valence-corrected chi connectivity index (χ0v) is 34.2. The van der Waals surface area contributed by atoms with Crippen LogP contribution < -0.4 is 4.90 Å². The van der Waals surface area contributed by atoms with E-state index in [1.807, 2.05) is 12.3 Å². The first-order valence-electron chi connectivity index (χ1n) is 23.1. The van der Waals surface area contributed by atoms with Crippen LogP contribution in [-0.4, -0.2) is 4.98 Å². The molecule has 5 aromatic carbocycles. The maximum absolute atomic E-state index is 6.99. The highest BCUT2D eigenvalue weighted by atomic mass is 16.3. The maximum atomic E-state index is 6.99. The lowest BCUT2D eigenvalue weighted by Gasteiger charge is -2.36. The van der Waals surface area contributed by atoms with Crippen LogP contribution in [0.3, 0.4) is 0 Å². The highest BCUT2D eigenvalue weighted by molar-refractivity contribution is 6.11. The van der Waals surface area contributed by atoms with Crippen molar-refractivity contribution in [3.8, 4) is 22.4 Å². The van der Waals surface area contributed by atoms with Crippen LogP contribution >= 0.6 is 0 Å². The second kappa shape index (κ2) is 12.7. The van der Waals surface area contributed by atoms with Crippen molar-refractivity contribution in [3.05, 3.63) is 162 Å². The number of fused-ring (bicyclic) bond motifs is 10. The van der Waals surface area contributed by atoms with Gasteiger partial charge < -0.3 is 9.32 Å². The molecule has 5 fully saturated rings. The standard InChI is InChI=1S/C57H50N2O/c1-3-23-57(24-4-1)49-10-6-9-45(51-11-2-5-25-58-51)55(49)44-21-20-42(33-50(44)57)59(41-18-15-36(16-19-41)54-40-28-35-27-39(31-40)47(54)30-35)52-12-7-8-43-48-32-38(17-22-53(48)60-56(43)52)46-29-34-13-14-37(46)26-34/h2,5-22,25,29,32-35,37,39-40,47,54H,1,3-4,23-24,26-28,30-31H2. The maximum Gasteiger partial charge on any atom is 0.159 e. The Kier molecular flexibility index (Phi) is 7.20. The first-order valence-corrected chi connectivity index (χ1v) is 23.1. The molecular formula is C57H50N2O. The van der Waals surface area contributed by atoms with Crippen molar-refractivity contribution in [2.75, 3.05) is 4.90 Å². The molecule has 3 nitrogen and oxygen atoms in total. The van der Waals surface area contributed by atoms with Crippen LogP contribution in [0.2, 0.25) is 0 Å². The van der Waals surface area contributed by atoms with Crippen LogP contribution in [0.1, 0.15) is 92.4 Å². The molecule has 7 atom stereocenters. The number of nitrogens with zero attached hydrogens (tertiary/aromatic N) is 2. The molecule has 1 spiro atoms. The molecule has 0 amide bonds. The van der Waals surface area contributed by atoms with E-state index in [0.29, 0.717) is 11.8 Å². The zero-order valence-electron chi connectivity index (χ0n) is 34.2. The van der Waals surface area contributed by atoms with Crippen molar-refractivity contribution in [2.45, 2.75) is 75.5 Å². The van der Waals surface area contributed by atoms with Gasteiger partial charge in [0.15, 0.2) is 5.58 Å². The molecule has 7 aromatic rings. The van der Waals surface area contributed by atoms with Crippen LogP contribution in [0.15, 0.2) is 144 Å². The minimum absolute atomic E-state index is 0.00843. The monoisotopic (exact) mass is 778 g/mol. The summed E-state index contributed by atoms with van der Waals surface area (Å²) in [6.07, 6.45) is 22.4. The molecule has 8 aliphatic carbocycles. The average Bonchev–Trinajstić information content (AvgIpc) is 4.16. The number of anilines is 3. The second-order valence-electron chi connectivity index (χ2n) is 19.7. The Hall–Kier alpha value is -5.67. The topological polar surface area (TPSA) is 29.3 Å². The Labute approximate surface area is 352 Å². The van der Waals surface area contributed by atoms with Gasteiger partial charge in [-0.15, -0.1) is 0 Å². The molecule has 2 heterocycles. The molecule has 0 radical (unpaired) electrons. The van der Waals surface area contributed by atoms with E-state index in [4.69, 9.17) is 9.40 Å². The SMILES string of the molecule is C1=CC2CC1C=C2c1ccc2oc3c(N(c4ccc(C5C6CC7CC(C6)C5C7)cc4)c4ccc5c(c4)C4(CCCCC4)c4cccc(-c6ccccn6)c4-5)cccc3c2c1. The van der Waals surface area contributed by atoms with Gasteiger partial charge in [0.25, 0.3) is 0 Å². The summed E-state index contributed by atoms with van der Waals surface area (Å²) in [7, 11) is 0. The highest BCUT2D eigenvalue weighted by Gasteiger charge is 2.54. The van der Waals surface area contributed by atoms with Crippen molar-refractivity contribution in [2.24, 2.45) is 35.5 Å². The van der Waals surface area contributed by atoms with Crippen molar-refractivity contribution in [1.29, 1.82) is 0 Å². The van der Waals surface area contributed by atoms with Gasteiger partial charge in [0.2, 0.25) is 0 Å². The number of hydrogen-bond donors (Lipinski definition) is 0. The number of allylic oxidation sites excluding steroid dienone is 4. The van der Waals surface area contributed by atoms with Gasteiger partial charge in [-0.1, -0.05) is 98.2 Å². The molecule has 0 aliphatic heterocycles. The molecule has 3 heteroatoms. The lowest BCUT2D eigenvalue weighted by Crippen LogP contribution is -2.28. The van der Waals surface area contributed by atoms with Crippen LogP contribution in [-0.2, 0) is 5.41 Å². The summed E-state index contributed by atoms with van der Waals surface area (Å²) in [6.45, 7) is 0. The smallest absolute Gasteiger partial charge is 0.159 e. The van der Waals surface area contributed by atoms with Crippen molar-refractivity contribution in [3.63, 3.8) is 0 Å². The summed E-state index contributed by atoms with van der Waals surface area (Å²) in [6, 6.07) is 44.2. The Morgan fingerprint density at radius 1 is 0.650 bits per heavy atom. The first kappa shape index (κ1) is 34.1. The number of aromatic nitrogens is 1. The molecule has 0 saturated heterocycles. The van der Waals surface area contributed by atoms with E-state index in [1.165, 1.54) is 125 Å². The van der Waals surface area contributed by atoms with E-state index >= 15 is 0 Å². The van der Waals surface area contributed by atoms with Gasteiger partial charge in [-0.05, 0) is 174 Å². The molecule has 15 rings (SSSR count). The Morgan fingerprint density at radius 3 is 2.37 bits per heavy atom. The largest absolute Gasteiger partial charge is 0.454 e. The lowest BCUT2D eigenvalue weighted by molar-refractivity contribution is 0.249. The predicted octanol–water partition coefficient (Wildman–Crippen LogP) is 15.1. The van der Waals surface area contributed by atoms with Gasteiger partial charge in [0.05, 0.1) is 11.4 Å². The summed E-state index contributed by atoms with van der Waals surface area (Å²) >= 11 is 0. The quantitative estimate of drug-likeness (QED) is 0.157. The molecule has 5 saturated carbocycles. The molecule has 0 N–H and O–H groups in total. The van der Waals surface area contributed by atoms with Gasteiger partial charge in [-0.25, -0.2) is 0 Å². The minimum Gasteiger partial charge on any atom is -0.454 e. The van der Waals surface area contributed by atoms with Crippen LogP contribution in [0.4, 0.5) is 17.1 Å². The van der Waals surface area contributed by atoms with Crippen molar-refractivity contribution >= 4 is 44.6 Å². The van der Waals surface area contributed by atoms with E-state index in [2.05, 4.69) is 132 Å². The summed E-state index contributed by atoms with van der Waals surface area (Å²) in [4.78, 5) is 7.40. The summed E-state index contributed by atoms with van der Waals surface area (Å²) in [5, 5.41) is 2.38. The molecule has 60 heavy (non-hydrogen) atoms. The second-order valence-corrected chi connectivity index (χ2v) is 19.7. The third kappa shape index (κ3) is 4.81. The molecule has 8 aliphatic rings. The minimum atomic E-state index is -0.00843. The number of benzene rings is 5. The molecule has 6 bridgehead atoms. The van der Waals surface area contributed by atoms with E-state index in [-0.39, 0.29) is 5.41 Å². The third-order valence-corrected chi connectivity index (χ3v) is 16.8. The van der Waals surface area contributed by atoms with Gasteiger partial charge in [0.1, 0.15) is 5.58 Å². The van der Waals surface area contributed by atoms with E-state index in [1.54, 1.807) is 5.56 Å². The molecule has 294 valence electrons. The summed E-state index contributed by atoms with van der Waals surface area (Å²) in [5.41, 5.74) is 17.8. The van der Waals surface area contributed by atoms with Gasteiger partial charge >= 0.3 is 0 Å². The van der Waals surface area contributed by atoms with Crippen LogP contribution in [0, 0.1) is 35.5 Å². The highest BCUT2D eigenvalue weighted by Crippen LogP contribution is 2.64. The number of pyridine rings is 1. The summed E-state index contributed by atoms with van der Waals surface area (Å²) < 4.78 is 6.99. The van der Waals surface area contributed by atoms with Gasteiger partial charge in [-0.2, -0.15) is 0 Å². The number of hydrogen-bond acceptors (Lipinski definition) is 3. The Morgan fingerprint density at radius 2 is 1.53 bits per heavy atom. The number of para-hydroxylation sites is 1. The van der Waals surface area contributed by atoms with Crippen LogP contribution in [0.5, 0.6) is 0 Å². The predicted molar refractivity (Wildman–Crippen MR) is 245 cm³/mol. The fourth-order valence-electron chi connectivity index (χ4n) is 14.5. The molecule has 7 unspecified atom stereocenters. The van der Waals surface area contributed by atoms with E-state index in [9.17, 15) is 0 Å². The first-order chi connectivity index (χ1) is 29.7. The molecular weight excluding hydrogens is 729 g/mol. The van der Waals surface area contributed by atoms with Crippen molar-refractivity contribution in [1.82, 2.24) is 4.98 Å². The molecule has 2 aromatic heterocycles. The third-order valence-electron chi connectivity index (χ3n) is 16.8. The van der Waals surface area contributed by atoms with Gasteiger partial charge in [-0.3, -0.25) is 4.98 Å². The Bertz CT molecular complexity index is 2940. The summed E-state index contributed by atoms with van der Waals surface area (Å²) in [5.74, 6) is 5.55. The van der Waals surface area contributed by atoms with Crippen LogP contribution in [0.25, 0.3) is 49.9 Å². The van der Waals surface area contributed by atoms with Crippen molar-refractivity contribution < 1.29 is 4.42 Å². The normalized spacial score (nSPS) is 27.3. The van der Waals surface area contributed by atoms with E-state index < -0.39 is 0 Å². The average molecular weight is 779 g/mol. The van der Waals surface area contributed by atoms with Gasteiger partial charge in [0, 0.05) is 45.2 Å². The fourth-order valence-corrected chi connectivity index (χ4v) is 14.5.